The monoisotopic (exact) mass is 306 g/mol. The summed E-state index contributed by atoms with van der Waals surface area (Å²) in [5, 5.41) is 0. The number of hydrogen-bond acceptors (Lipinski definition) is 1. The van der Waals surface area contributed by atoms with E-state index in [4.69, 9.17) is 4.74 Å². The Bertz CT molecular complexity index is 344. The molecule has 0 aliphatic heterocycles. The molecule has 0 amide bonds. The van der Waals surface area contributed by atoms with Crippen LogP contribution in [0.2, 0.25) is 0 Å². The Kier molecular flexibility index (Phi) is 6.99. The van der Waals surface area contributed by atoms with Crippen molar-refractivity contribution in [3.63, 3.8) is 0 Å². The Morgan fingerprint density at radius 1 is 1.00 bits per heavy atom. The molecule has 0 aromatic heterocycles. The van der Waals surface area contributed by atoms with Crippen molar-refractivity contribution in [2.75, 3.05) is 6.61 Å². The summed E-state index contributed by atoms with van der Waals surface area (Å²) >= 11 is 0. The lowest BCUT2D eigenvalue weighted by atomic mass is 9.71. The molecule has 1 heteroatoms. The van der Waals surface area contributed by atoms with Crippen molar-refractivity contribution < 1.29 is 4.74 Å². The topological polar surface area (TPSA) is 9.23 Å². The molecular formula is C21H38O. The fourth-order valence-electron chi connectivity index (χ4n) is 4.99. The highest BCUT2D eigenvalue weighted by Gasteiger charge is 2.45. The minimum absolute atomic E-state index is 0.0428. The summed E-state index contributed by atoms with van der Waals surface area (Å²) in [4.78, 5) is 0. The van der Waals surface area contributed by atoms with Crippen LogP contribution in [0.25, 0.3) is 0 Å². The quantitative estimate of drug-likeness (QED) is 0.318. The van der Waals surface area contributed by atoms with Gasteiger partial charge in [-0.25, -0.2) is 0 Å². The fraction of sp³-hybridized carbons (Fsp3) is 0.905. The van der Waals surface area contributed by atoms with Gasteiger partial charge in [0.2, 0.25) is 0 Å². The third kappa shape index (κ3) is 4.60. The lowest BCUT2D eigenvalue weighted by molar-refractivity contribution is -0.0794. The maximum Gasteiger partial charge on any atom is 0.0657 e. The van der Waals surface area contributed by atoms with Crippen molar-refractivity contribution in [1.82, 2.24) is 0 Å². The molecule has 22 heavy (non-hydrogen) atoms. The normalized spacial score (nSPS) is 28.5. The smallest absolute Gasteiger partial charge is 0.0657 e. The van der Waals surface area contributed by atoms with E-state index in [9.17, 15) is 0 Å². The molecule has 1 saturated carbocycles. The second-order valence-electron chi connectivity index (χ2n) is 8.14. The van der Waals surface area contributed by atoms with E-state index >= 15 is 0 Å². The molecule has 128 valence electrons. The number of rotatable bonds is 11. The lowest BCUT2D eigenvalue weighted by Gasteiger charge is -2.40. The van der Waals surface area contributed by atoms with Gasteiger partial charge in [0.1, 0.15) is 0 Å². The second kappa shape index (κ2) is 8.52. The molecule has 0 aromatic rings. The summed E-state index contributed by atoms with van der Waals surface area (Å²) < 4.78 is 6.18. The maximum atomic E-state index is 6.18. The molecule has 0 saturated heterocycles. The molecule has 4 atom stereocenters. The zero-order valence-electron chi connectivity index (χ0n) is 15.4. The summed E-state index contributed by atoms with van der Waals surface area (Å²) in [5.41, 5.74) is 0.0428. The van der Waals surface area contributed by atoms with Crippen LogP contribution in [0.3, 0.4) is 0 Å². The number of allylic oxidation sites excluding steroid dienone is 2. The molecule has 2 aliphatic rings. The predicted molar refractivity (Wildman–Crippen MR) is 96.0 cm³/mol. The minimum atomic E-state index is 0.0428. The third-order valence-electron chi connectivity index (χ3n) is 6.13. The Balaban J connectivity index is 1.87. The average Bonchev–Trinajstić information content (AvgIpc) is 3.08. The van der Waals surface area contributed by atoms with Crippen LogP contribution in [0.5, 0.6) is 0 Å². The van der Waals surface area contributed by atoms with Crippen molar-refractivity contribution in [3.05, 3.63) is 12.2 Å². The zero-order valence-corrected chi connectivity index (χ0v) is 15.4. The summed E-state index contributed by atoms with van der Waals surface area (Å²) in [6.07, 6.45) is 17.6. The van der Waals surface area contributed by atoms with Crippen LogP contribution >= 0.6 is 0 Å². The van der Waals surface area contributed by atoms with Crippen molar-refractivity contribution in [2.45, 2.75) is 91.1 Å². The molecule has 2 bridgehead atoms. The highest BCUT2D eigenvalue weighted by atomic mass is 16.5. The van der Waals surface area contributed by atoms with Gasteiger partial charge >= 0.3 is 0 Å². The average molecular weight is 307 g/mol. The van der Waals surface area contributed by atoms with E-state index in [1.165, 1.54) is 57.8 Å². The highest BCUT2D eigenvalue weighted by Crippen LogP contribution is 2.51. The molecule has 1 fully saturated rings. The van der Waals surface area contributed by atoms with Gasteiger partial charge in [0, 0.05) is 6.61 Å². The van der Waals surface area contributed by atoms with Crippen LogP contribution in [0, 0.1) is 23.7 Å². The lowest BCUT2D eigenvalue weighted by Crippen LogP contribution is -2.40. The fourth-order valence-corrected chi connectivity index (χ4v) is 4.99. The predicted octanol–water partition coefficient (Wildman–Crippen LogP) is 6.38. The Labute approximate surface area is 138 Å². The number of fused-ring (bicyclic) bond motifs is 2. The van der Waals surface area contributed by atoms with Crippen LogP contribution in [0.4, 0.5) is 0 Å². The van der Waals surface area contributed by atoms with Gasteiger partial charge in [-0.15, -0.1) is 0 Å². The molecule has 0 N–H and O–H groups in total. The van der Waals surface area contributed by atoms with Gasteiger partial charge in [0.25, 0.3) is 0 Å². The molecule has 0 aromatic carbocycles. The van der Waals surface area contributed by atoms with E-state index in [0.29, 0.717) is 0 Å². The Morgan fingerprint density at radius 2 is 1.73 bits per heavy atom. The molecule has 0 spiro atoms. The van der Waals surface area contributed by atoms with E-state index in [0.717, 1.165) is 30.3 Å². The highest BCUT2D eigenvalue weighted by molar-refractivity contribution is 5.12. The first-order chi connectivity index (χ1) is 10.6. The van der Waals surface area contributed by atoms with Gasteiger partial charge in [-0.1, -0.05) is 57.6 Å². The van der Waals surface area contributed by atoms with Crippen LogP contribution in [-0.4, -0.2) is 12.2 Å². The molecule has 1 nitrogen and oxygen atoms in total. The molecule has 2 aliphatic carbocycles. The first-order valence-electron chi connectivity index (χ1n) is 9.90. The second-order valence-corrected chi connectivity index (χ2v) is 8.14. The summed E-state index contributed by atoms with van der Waals surface area (Å²) in [6, 6.07) is 0. The Morgan fingerprint density at radius 3 is 2.32 bits per heavy atom. The van der Waals surface area contributed by atoms with Crippen LogP contribution < -0.4 is 0 Å². The van der Waals surface area contributed by atoms with Gasteiger partial charge < -0.3 is 4.74 Å². The first kappa shape index (κ1) is 18.0. The third-order valence-corrected chi connectivity index (χ3v) is 6.13. The number of hydrogen-bond donors (Lipinski definition) is 0. The van der Waals surface area contributed by atoms with E-state index < -0.39 is 0 Å². The van der Waals surface area contributed by atoms with Crippen LogP contribution in [-0.2, 0) is 4.74 Å². The van der Waals surface area contributed by atoms with Gasteiger partial charge in [0.15, 0.2) is 0 Å². The minimum Gasteiger partial charge on any atom is -0.376 e. The molecule has 4 unspecified atom stereocenters. The number of ether oxygens (including phenoxy) is 1. The SMILES string of the molecule is CCCCCCCCC(C1CC2C=CC1C2)C(C)(C)OCC. The van der Waals surface area contributed by atoms with Gasteiger partial charge in [-0.2, -0.15) is 0 Å². The van der Waals surface area contributed by atoms with E-state index in [1.54, 1.807) is 0 Å². The first-order valence-corrected chi connectivity index (χ1v) is 9.90. The largest absolute Gasteiger partial charge is 0.376 e. The van der Waals surface area contributed by atoms with E-state index in [1.807, 2.05) is 0 Å². The standard InChI is InChI=1S/C21H38O/c1-5-7-8-9-10-11-12-20(21(3,4)22-6-2)19-16-17-13-14-18(19)15-17/h13-14,17-20H,5-12,15-16H2,1-4H3. The van der Waals surface area contributed by atoms with E-state index in [-0.39, 0.29) is 5.60 Å². The Hall–Kier alpha value is -0.300. The van der Waals surface area contributed by atoms with Gasteiger partial charge in [-0.3, -0.25) is 0 Å². The molecule has 2 rings (SSSR count). The zero-order chi connectivity index (χ0) is 16.0. The number of unbranched alkanes of at least 4 members (excludes halogenated alkanes) is 5. The van der Waals surface area contributed by atoms with Crippen molar-refractivity contribution in [1.29, 1.82) is 0 Å². The van der Waals surface area contributed by atoms with Gasteiger partial charge in [0.05, 0.1) is 5.60 Å². The van der Waals surface area contributed by atoms with Crippen molar-refractivity contribution in [3.8, 4) is 0 Å². The van der Waals surface area contributed by atoms with Crippen molar-refractivity contribution in [2.24, 2.45) is 23.7 Å². The summed E-state index contributed by atoms with van der Waals surface area (Å²) in [5.74, 6) is 3.32. The molecular weight excluding hydrogens is 268 g/mol. The van der Waals surface area contributed by atoms with Crippen LogP contribution in [0.15, 0.2) is 12.2 Å². The van der Waals surface area contributed by atoms with Gasteiger partial charge in [-0.05, 0) is 63.7 Å². The molecule has 0 radical (unpaired) electrons. The van der Waals surface area contributed by atoms with Crippen molar-refractivity contribution >= 4 is 0 Å². The summed E-state index contributed by atoms with van der Waals surface area (Å²) in [7, 11) is 0. The van der Waals surface area contributed by atoms with E-state index in [2.05, 4.69) is 39.8 Å². The summed E-state index contributed by atoms with van der Waals surface area (Å²) in [6.45, 7) is 9.96. The molecule has 0 heterocycles. The maximum absolute atomic E-state index is 6.18. The van der Waals surface area contributed by atoms with Crippen LogP contribution in [0.1, 0.15) is 85.5 Å².